The van der Waals surface area contributed by atoms with Crippen molar-refractivity contribution < 1.29 is 24.1 Å². The molecule has 0 saturated carbocycles. The van der Waals surface area contributed by atoms with Crippen LogP contribution in [0.3, 0.4) is 0 Å². The van der Waals surface area contributed by atoms with E-state index in [0.717, 1.165) is 30.9 Å². The Balaban J connectivity index is 1.35. The fourth-order valence-electron chi connectivity index (χ4n) is 3.62. The van der Waals surface area contributed by atoms with Gasteiger partial charge in [0.2, 0.25) is 0 Å². The van der Waals surface area contributed by atoms with Crippen molar-refractivity contribution in [3.05, 3.63) is 110 Å². The van der Waals surface area contributed by atoms with Crippen LogP contribution in [0.4, 0.5) is 11.4 Å². The number of ketones is 1. The molecular weight excluding hydrogens is 476 g/mol. The van der Waals surface area contributed by atoms with Gasteiger partial charge in [-0.15, -0.1) is 0 Å². The minimum atomic E-state index is -0.690. The Morgan fingerprint density at radius 1 is 0.784 bits per heavy atom. The lowest BCUT2D eigenvalue weighted by Crippen LogP contribution is -2.03. The highest BCUT2D eigenvalue weighted by atomic mass is 16.6. The molecule has 0 bridgehead atoms. The van der Waals surface area contributed by atoms with Gasteiger partial charge in [-0.25, -0.2) is 0 Å². The number of ether oxygens (including phenoxy) is 2. The SMILES string of the molecule is C/C=C/c1ccc(C(=O)c2ccc(OCCCCCCOc3ccc([N+](=O)[O-])cc3[N+](=O)[O-])cc2)cc1. The first kappa shape index (κ1) is 27.1. The second-order valence-corrected chi connectivity index (χ2v) is 8.25. The van der Waals surface area contributed by atoms with Gasteiger partial charge in [0.25, 0.3) is 5.69 Å². The third-order valence-corrected chi connectivity index (χ3v) is 5.56. The van der Waals surface area contributed by atoms with Crippen LogP contribution >= 0.6 is 0 Å². The molecule has 0 aliphatic heterocycles. The molecule has 9 nitrogen and oxygen atoms in total. The standard InChI is InChI=1S/C28H28N2O7/c1-2-7-21-8-10-22(11-9-21)28(31)23-12-15-25(16-13-23)36-18-5-3-4-6-19-37-27-17-14-24(29(32)33)20-26(27)30(34)35/h2,7-17,20H,3-6,18-19H2,1H3/b7-2+. The van der Waals surface area contributed by atoms with E-state index in [4.69, 9.17) is 9.47 Å². The number of hydrogen-bond acceptors (Lipinski definition) is 7. The molecule has 0 radical (unpaired) electrons. The topological polar surface area (TPSA) is 122 Å². The molecule has 0 N–H and O–H groups in total. The van der Waals surface area contributed by atoms with Crippen LogP contribution in [0.2, 0.25) is 0 Å². The summed E-state index contributed by atoms with van der Waals surface area (Å²) >= 11 is 0. The molecule has 37 heavy (non-hydrogen) atoms. The number of unbranched alkanes of at least 4 members (excludes halogenated alkanes) is 3. The molecule has 0 spiro atoms. The van der Waals surface area contributed by atoms with Crippen molar-refractivity contribution >= 4 is 23.2 Å². The molecule has 0 fully saturated rings. The van der Waals surface area contributed by atoms with Crippen molar-refractivity contribution in [1.82, 2.24) is 0 Å². The lowest BCUT2D eigenvalue weighted by atomic mass is 10.0. The molecular formula is C28H28N2O7. The van der Waals surface area contributed by atoms with Gasteiger partial charge in [0.1, 0.15) is 5.75 Å². The number of non-ortho nitro benzene ring substituents is 1. The summed E-state index contributed by atoms with van der Waals surface area (Å²) in [6.07, 6.45) is 7.14. The monoisotopic (exact) mass is 504 g/mol. The zero-order chi connectivity index (χ0) is 26.6. The van der Waals surface area contributed by atoms with Gasteiger partial charge in [0.05, 0.1) is 29.1 Å². The molecule has 0 saturated heterocycles. The van der Waals surface area contributed by atoms with E-state index in [9.17, 15) is 25.0 Å². The Bertz CT molecular complexity index is 1250. The Hall–Kier alpha value is -4.53. The maximum atomic E-state index is 12.7. The van der Waals surface area contributed by atoms with Gasteiger partial charge in [-0.2, -0.15) is 0 Å². The molecule has 0 aromatic heterocycles. The predicted molar refractivity (Wildman–Crippen MR) is 140 cm³/mol. The number of nitro benzene ring substituents is 2. The average Bonchev–Trinajstić information content (AvgIpc) is 2.90. The van der Waals surface area contributed by atoms with Crippen LogP contribution in [0.25, 0.3) is 6.08 Å². The Morgan fingerprint density at radius 2 is 1.38 bits per heavy atom. The molecule has 0 heterocycles. The van der Waals surface area contributed by atoms with E-state index >= 15 is 0 Å². The summed E-state index contributed by atoms with van der Waals surface area (Å²) in [5.41, 5.74) is 1.50. The van der Waals surface area contributed by atoms with E-state index in [1.807, 2.05) is 43.3 Å². The van der Waals surface area contributed by atoms with Gasteiger partial charge < -0.3 is 9.47 Å². The normalized spacial score (nSPS) is 10.8. The molecule has 3 aromatic rings. The van der Waals surface area contributed by atoms with Gasteiger partial charge in [-0.1, -0.05) is 36.4 Å². The molecule has 9 heteroatoms. The second-order valence-electron chi connectivity index (χ2n) is 8.25. The van der Waals surface area contributed by atoms with Crippen molar-refractivity contribution in [3.8, 4) is 11.5 Å². The van der Waals surface area contributed by atoms with E-state index in [1.165, 1.54) is 12.1 Å². The van der Waals surface area contributed by atoms with Crippen LogP contribution in [-0.2, 0) is 0 Å². The smallest absolute Gasteiger partial charge is 0.317 e. The minimum absolute atomic E-state index is 0.0199. The molecule has 192 valence electrons. The fraction of sp³-hybridized carbons (Fsp3) is 0.250. The number of benzene rings is 3. The summed E-state index contributed by atoms with van der Waals surface area (Å²) in [7, 11) is 0. The van der Waals surface area contributed by atoms with Gasteiger partial charge >= 0.3 is 5.69 Å². The number of carbonyl (C=O) groups is 1. The van der Waals surface area contributed by atoms with Crippen molar-refractivity contribution in [2.45, 2.75) is 32.6 Å². The fourth-order valence-corrected chi connectivity index (χ4v) is 3.62. The van der Waals surface area contributed by atoms with E-state index in [2.05, 4.69) is 0 Å². The first-order chi connectivity index (χ1) is 17.9. The van der Waals surface area contributed by atoms with Crippen LogP contribution in [0, 0.1) is 20.2 Å². The first-order valence-electron chi connectivity index (χ1n) is 11.9. The van der Waals surface area contributed by atoms with Crippen molar-refractivity contribution in [2.24, 2.45) is 0 Å². The number of nitrogens with zero attached hydrogens (tertiary/aromatic N) is 2. The summed E-state index contributed by atoms with van der Waals surface area (Å²) < 4.78 is 11.2. The van der Waals surface area contributed by atoms with Crippen LogP contribution in [0.15, 0.2) is 72.8 Å². The summed E-state index contributed by atoms with van der Waals surface area (Å²) in [5, 5.41) is 21.9. The maximum Gasteiger partial charge on any atom is 0.317 e. The third-order valence-electron chi connectivity index (χ3n) is 5.56. The second kappa shape index (κ2) is 13.5. The Labute approximate surface area is 214 Å². The van der Waals surface area contributed by atoms with Crippen molar-refractivity contribution in [2.75, 3.05) is 13.2 Å². The third kappa shape index (κ3) is 7.99. The molecule has 3 rings (SSSR count). The summed E-state index contributed by atoms with van der Waals surface area (Å²) in [6.45, 7) is 2.74. The zero-order valence-corrected chi connectivity index (χ0v) is 20.5. The van der Waals surface area contributed by atoms with Crippen LogP contribution < -0.4 is 9.47 Å². The number of allylic oxidation sites excluding steroid dienone is 1. The van der Waals surface area contributed by atoms with Gasteiger partial charge in [0.15, 0.2) is 11.5 Å². The molecule has 0 aliphatic rings. The van der Waals surface area contributed by atoms with Crippen LogP contribution in [-0.4, -0.2) is 28.8 Å². The highest BCUT2D eigenvalue weighted by Crippen LogP contribution is 2.31. The molecule has 3 aromatic carbocycles. The van der Waals surface area contributed by atoms with Gasteiger partial charge in [-0.05, 0) is 68.5 Å². The highest BCUT2D eigenvalue weighted by molar-refractivity contribution is 6.09. The highest BCUT2D eigenvalue weighted by Gasteiger charge is 2.20. The lowest BCUT2D eigenvalue weighted by molar-refractivity contribution is -0.394. The lowest BCUT2D eigenvalue weighted by Gasteiger charge is -2.08. The van der Waals surface area contributed by atoms with E-state index in [0.29, 0.717) is 29.9 Å². The summed E-state index contributed by atoms with van der Waals surface area (Å²) in [6, 6.07) is 17.9. The molecule has 0 aliphatic carbocycles. The number of carbonyl (C=O) groups excluding carboxylic acids is 1. The summed E-state index contributed by atoms with van der Waals surface area (Å²) in [4.78, 5) is 33.2. The zero-order valence-electron chi connectivity index (χ0n) is 20.5. The van der Waals surface area contributed by atoms with Gasteiger partial charge in [-0.3, -0.25) is 25.0 Å². The van der Waals surface area contributed by atoms with Crippen molar-refractivity contribution in [3.63, 3.8) is 0 Å². The van der Waals surface area contributed by atoms with Crippen LogP contribution in [0.1, 0.15) is 54.1 Å². The largest absolute Gasteiger partial charge is 0.494 e. The Kier molecular flexibility index (Phi) is 9.90. The predicted octanol–water partition coefficient (Wildman–Crippen LogP) is 6.79. The maximum absolute atomic E-state index is 12.7. The number of nitro groups is 2. The molecule has 0 atom stereocenters. The molecule has 0 unspecified atom stereocenters. The van der Waals surface area contributed by atoms with Gasteiger partial charge in [0, 0.05) is 17.2 Å². The summed E-state index contributed by atoms with van der Waals surface area (Å²) in [5.74, 6) is 0.667. The molecule has 0 amide bonds. The number of hydrogen-bond donors (Lipinski definition) is 0. The average molecular weight is 505 g/mol. The van der Waals surface area contributed by atoms with Crippen LogP contribution in [0.5, 0.6) is 11.5 Å². The van der Waals surface area contributed by atoms with E-state index < -0.39 is 15.5 Å². The quantitative estimate of drug-likeness (QED) is 0.103. The van der Waals surface area contributed by atoms with E-state index in [-0.39, 0.29) is 23.8 Å². The van der Waals surface area contributed by atoms with Crippen molar-refractivity contribution in [1.29, 1.82) is 0 Å². The Morgan fingerprint density at radius 3 is 1.95 bits per heavy atom. The minimum Gasteiger partial charge on any atom is -0.494 e. The first-order valence-corrected chi connectivity index (χ1v) is 11.9. The number of rotatable bonds is 14. The van der Waals surface area contributed by atoms with E-state index in [1.54, 1.807) is 24.3 Å².